The highest BCUT2D eigenvalue weighted by atomic mass is 28.4. The lowest BCUT2D eigenvalue weighted by Gasteiger charge is -2.39. The van der Waals surface area contributed by atoms with E-state index in [2.05, 4.69) is 55.0 Å². The number of fused-ring (bicyclic) bond motifs is 1. The minimum atomic E-state index is -2.80. The van der Waals surface area contributed by atoms with E-state index >= 15 is 0 Å². The fourth-order valence-corrected chi connectivity index (χ4v) is 7.72. The predicted octanol–water partition coefficient (Wildman–Crippen LogP) is 7.14. The van der Waals surface area contributed by atoms with Crippen LogP contribution >= 0.6 is 0 Å². The van der Waals surface area contributed by atoms with E-state index in [1.165, 1.54) is 5.56 Å². The van der Waals surface area contributed by atoms with Crippen LogP contribution < -0.4 is 0 Å². The highest BCUT2D eigenvalue weighted by Crippen LogP contribution is 2.44. The quantitative estimate of drug-likeness (QED) is 0.250. The Kier molecular flexibility index (Phi) is 8.49. The van der Waals surface area contributed by atoms with Crippen LogP contribution in [0.15, 0.2) is 36.9 Å². The maximum atomic E-state index is 14.4. The fraction of sp³-hybridized carbons (Fsp3) is 0.656. The number of aromatic nitrogens is 4. The maximum absolute atomic E-state index is 14.4. The molecule has 2 saturated carbocycles. The van der Waals surface area contributed by atoms with Crippen LogP contribution in [0.5, 0.6) is 0 Å². The third kappa shape index (κ3) is 6.71. The van der Waals surface area contributed by atoms with Gasteiger partial charge >= 0.3 is 0 Å². The van der Waals surface area contributed by atoms with Crippen LogP contribution in [0.3, 0.4) is 0 Å². The molecule has 43 heavy (non-hydrogen) atoms. The van der Waals surface area contributed by atoms with Crippen molar-refractivity contribution in [3.05, 3.63) is 48.3 Å². The number of rotatable bonds is 8. The second-order valence-corrected chi connectivity index (χ2v) is 18.7. The summed E-state index contributed by atoms with van der Waals surface area (Å²) in [4.78, 5) is 9.03. The average molecular weight is 615 g/mol. The van der Waals surface area contributed by atoms with Crippen LogP contribution in [0.25, 0.3) is 16.6 Å². The molecule has 0 radical (unpaired) electrons. The topological polar surface area (TPSA) is 80.0 Å². The molecule has 1 saturated heterocycles. The molecule has 0 N–H and O–H groups in total. The molecule has 0 aromatic carbocycles. The number of pyridine rings is 1. The van der Waals surface area contributed by atoms with Gasteiger partial charge in [-0.3, -0.25) is 0 Å². The smallest absolute Gasteiger partial charge is 0.253 e. The molecule has 3 aromatic heterocycles. The number of alkyl halides is 2. The van der Waals surface area contributed by atoms with Gasteiger partial charge in [0.25, 0.3) is 5.92 Å². The Labute approximate surface area is 253 Å². The Morgan fingerprint density at radius 2 is 1.65 bits per heavy atom. The van der Waals surface area contributed by atoms with Crippen molar-refractivity contribution in [1.29, 1.82) is 0 Å². The van der Waals surface area contributed by atoms with Gasteiger partial charge in [-0.05, 0) is 67.4 Å². The first-order chi connectivity index (χ1) is 20.4. The normalized spacial score (nSPS) is 26.9. The zero-order valence-corrected chi connectivity index (χ0v) is 26.9. The molecular weight excluding hydrogens is 570 g/mol. The summed E-state index contributed by atoms with van der Waals surface area (Å²) in [5, 5.41) is 4.54. The molecule has 3 aromatic rings. The van der Waals surface area contributed by atoms with Crippen molar-refractivity contribution in [3.8, 4) is 11.1 Å². The SMILES string of the molecule is CC(C)(C)[Si](C)(C)O[C@@H]1CC(F)(F)C[C@H]1OCc1ncc(-c2ccn3ncc(C4CCC(C5OCCO5)CC4)c3c2)cn1. The Morgan fingerprint density at radius 3 is 2.33 bits per heavy atom. The largest absolute Gasteiger partial charge is 0.411 e. The highest BCUT2D eigenvalue weighted by Gasteiger charge is 2.51. The molecule has 1 aliphatic heterocycles. The van der Waals surface area contributed by atoms with Crippen molar-refractivity contribution in [2.45, 2.75) is 114 Å². The van der Waals surface area contributed by atoms with Crippen molar-refractivity contribution in [2.75, 3.05) is 13.2 Å². The zero-order chi connectivity index (χ0) is 30.4. The summed E-state index contributed by atoms with van der Waals surface area (Å²) < 4.78 is 54.6. The van der Waals surface area contributed by atoms with Gasteiger partial charge in [-0.2, -0.15) is 5.10 Å². The van der Waals surface area contributed by atoms with Crippen LogP contribution in [0.1, 0.15) is 76.6 Å². The van der Waals surface area contributed by atoms with Gasteiger partial charge in [-0.15, -0.1) is 0 Å². The van der Waals surface area contributed by atoms with Gasteiger partial charge in [0.15, 0.2) is 20.4 Å². The first kappa shape index (κ1) is 30.7. The third-order valence-electron chi connectivity index (χ3n) is 9.93. The van der Waals surface area contributed by atoms with E-state index < -0.39 is 26.4 Å². The monoisotopic (exact) mass is 614 g/mol. The Morgan fingerprint density at radius 1 is 0.977 bits per heavy atom. The molecule has 3 aliphatic rings. The van der Waals surface area contributed by atoms with Gasteiger partial charge in [0.1, 0.15) is 6.61 Å². The Bertz CT molecular complexity index is 1400. The number of hydrogen-bond donors (Lipinski definition) is 0. The minimum absolute atomic E-state index is 0.0408. The molecule has 0 amide bonds. The average Bonchev–Trinajstić information content (AvgIpc) is 3.70. The van der Waals surface area contributed by atoms with Gasteiger partial charge in [0, 0.05) is 48.5 Å². The van der Waals surface area contributed by atoms with Gasteiger partial charge in [-0.25, -0.2) is 23.3 Å². The van der Waals surface area contributed by atoms with Gasteiger partial charge in [0.2, 0.25) is 0 Å². The van der Waals surface area contributed by atoms with Crippen LogP contribution in [0, 0.1) is 5.92 Å². The highest BCUT2D eigenvalue weighted by molar-refractivity contribution is 6.74. The molecule has 8 nitrogen and oxygen atoms in total. The van der Waals surface area contributed by atoms with E-state index in [0.29, 0.717) is 30.9 Å². The molecule has 2 aliphatic carbocycles. The third-order valence-corrected chi connectivity index (χ3v) is 14.4. The summed E-state index contributed by atoms with van der Waals surface area (Å²) in [6, 6.07) is 4.16. The lowest BCUT2D eigenvalue weighted by Crippen LogP contribution is -2.46. The van der Waals surface area contributed by atoms with Crippen LogP contribution in [-0.2, 0) is 25.2 Å². The fourth-order valence-electron chi connectivity index (χ4n) is 6.38. The molecule has 6 rings (SSSR count). The summed E-state index contributed by atoms with van der Waals surface area (Å²) in [5.74, 6) is -1.42. The molecule has 11 heteroatoms. The summed E-state index contributed by atoms with van der Waals surface area (Å²) in [6.45, 7) is 11.9. The number of nitrogens with zero attached hydrogens (tertiary/aromatic N) is 4. The summed E-state index contributed by atoms with van der Waals surface area (Å²) in [5.41, 5.74) is 4.24. The van der Waals surface area contributed by atoms with E-state index in [1.54, 1.807) is 12.4 Å². The van der Waals surface area contributed by atoms with Crippen LogP contribution in [0.2, 0.25) is 18.1 Å². The summed E-state index contributed by atoms with van der Waals surface area (Å²) in [7, 11) is -2.23. The van der Waals surface area contributed by atoms with Crippen molar-refractivity contribution in [3.63, 3.8) is 0 Å². The van der Waals surface area contributed by atoms with Crippen LogP contribution in [-0.4, -0.2) is 65.5 Å². The van der Waals surface area contributed by atoms with E-state index in [0.717, 1.165) is 42.3 Å². The summed E-state index contributed by atoms with van der Waals surface area (Å²) >= 11 is 0. The maximum Gasteiger partial charge on any atom is 0.253 e. The Balaban J connectivity index is 1.10. The molecular formula is C32H44F2N4O4Si. The van der Waals surface area contributed by atoms with Gasteiger partial charge in [-0.1, -0.05) is 20.8 Å². The molecule has 0 bridgehead atoms. The number of ether oxygens (including phenoxy) is 3. The van der Waals surface area contributed by atoms with Gasteiger partial charge < -0.3 is 18.6 Å². The van der Waals surface area contributed by atoms with Crippen LogP contribution in [0.4, 0.5) is 8.78 Å². The van der Waals surface area contributed by atoms with Crippen molar-refractivity contribution < 1.29 is 27.4 Å². The number of hydrogen-bond acceptors (Lipinski definition) is 7. The first-order valence-corrected chi connectivity index (χ1v) is 18.5. The van der Waals surface area contributed by atoms with E-state index in [4.69, 9.17) is 18.6 Å². The van der Waals surface area contributed by atoms with E-state index in [-0.39, 0.29) is 30.8 Å². The second kappa shape index (κ2) is 11.9. The van der Waals surface area contributed by atoms with E-state index in [1.807, 2.05) is 23.0 Å². The van der Waals surface area contributed by atoms with Gasteiger partial charge in [0.05, 0.1) is 37.1 Å². The molecule has 234 valence electrons. The lowest BCUT2D eigenvalue weighted by atomic mass is 9.78. The lowest BCUT2D eigenvalue weighted by molar-refractivity contribution is -0.0931. The Hall–Kier alpha value is -2.31. The molecule has 0 unspecified atom stereocenters. The van der Waals surface area contributed by atoms with Crippen molar-refractivity contribution >= 4 is 13.8 Å². The number of halogens is 2. The summed E-state index contributed by atoms with van der Waals surface area (Å²) in [6.07, 6.45) is 9.85. The van der Waals surface area contributed by atoms with Crippen molar-refractivity contribution in [2.24, 2.45) is 5.92 Å². The first-order valence-electron chi connectivity index (χ1n) is 15.6. The molecule has 0 spiro atoms. The molecule has 2 atom stereocenters. The molecule has 3 fully saturated rings. The molecule has 4 heterocycles. The van der Waals surface area contributed by atoms with E-state index in [9.17, 15) is 8.78 Å². The zero-order valence-electron chi connectivity index (χ0n) is 25.9. The minimum Gasteiger partial charge on any atom is -0.411 e. The second-order valence-electron chi connectivity index (χ2n) is 14.0. The van der Waals surface area contributed by atoms with Crippen molar-refractivity contribution in [1.82, 2.24) is 19.6 Å². The predicted molar refractivity (Wildman–Crippen MR) is 161 cm³/mol. The standard InChI is InChI=1S/C32H44F2N4O4Si/c1-31(2,3)43(4,5)42-28-16-32(33,34)15-27(28)41-20-29-35-17-24(18-36-29)23-10-11-38-26(14-23)25(19-37-38)21-6-8-22(9-7-21)30-39-12-13-40-30/h10-11,14,17-19,21-22,27-28,30H,6-9,12-13,15-16,20H2,1-5H3/t21?,22?,27-,28-/m1/s1.